The van der Waals surface area contributed by atoms with Crippen LogP contribution in [0.5, 0.6) is 0 Å². The summed E-state index contributed by atoms with van der Waals surface area (Å²) in [6, 6.07) is 16.7. The maximum Gasteiger partial charge on any atom is 0.243 e. The summed E-state index contributed by atoms with van der Waals surface area (Å²) in [6.07, 6.45) is 0.842. The summed E-state index contributed by atoms with van der Waals surface area (Å²) in [5, 5.41) is 2.96. The lowest BCUT2D eigenvalue weighted by Crippen LogP contribution is -2.48. The fourth-order valence-electron chi connectivity index (χ4n) is 3.20. The highest BCUT2D eigenvalue weighted by atomic mass is 32.2. The van der Waals surface area contributed by atoms with Gasteiger partial charge in [-0.25, -0.2) is 8.42 Å². The molecular weight excluding hydrogens is 368 g/mol. The molecule has 0 saturated carbocycles. The fraction of sp³-hybridized carbons (Fsp3) is 0.211. The first-order valence-electron chi connectivity index (χ1n) is 8.37. The van der Waals surface area contributed by atoms with E-state index in [4.69, 9.17) is 0 Å². The van der Waals surface area contributed by atoms with Gasteiger partial charge in [-0.05, 0) is 35.0 Å². The Labute approximate surface area is 156 Å². The van der Waals surface area contributed by atoms with Crippen LogP contribution in [0.1, 0.15) is 9.67 Å². The molecule has 3 aromatic rings. The van der Waals surface area contributed by atoms with Gasteiger partial charge in [0.15, 0.2) is 6.29 Å². The van der Waals surface area contributed by atoms with Gasteiger partial charge in [-0.1, -0.05) is 30.3 Å². The molecule has 2 heterocycles. The molecule has 0 atom stereocenters. The number of benzene rings is 2. The van der Waals surface area contributed by atoms with Crippen molar-refractivity contribution in [1.82, 2.24) is 4.31 Å². The third-order valence-corrected chi connectivity index (χ3v) is 7.60. The number of aldehydes is 1. The number of thiophene rings is 1. The van der Waals surface area contributed by atoms with E-state index in [1.165, 1.54) is 11.3 Å². The number of carbonyl (C=O) groups excluding carboxylic acids is 1. The van der Waals surface area contributed by atoms with Crippen molar-refractivity contribution >= 4 is 43.4 Å². The van der Waals surface area contributed by atoms with Crippen molar-refractivity contribution in [3.63, 3.8) is 0 Å². The van der Waals surface area contributed by atoms with E-state index in [1.54, 1.807) is 22.5 Å². The van der Waals surface area contributed by atoms with Gasteiger partial charge in [0.25, 0.3) is 0 Å². The molecule has 0 radical (unpaired) electrons. The van der Waals surface area contributed by atoms with Crippen LogP contribution in [0.3, 0.4) is 0 Å². The number of hydrogen-bond donors (Lipinski definition) is 0. The van der Waals surface area contributed by atoms with Gasteiger partial charge in [0.05, 0.1) is 14.8 Å². The first kappa shape index (κ1) is 17.2. The van der Waals surface area contributed by atoms with Crippen LogP contribution in [0.4, 0.5) is 5.00 Å². The molecule has 1 aliphatic rings. The lowest BCUT2D eigenvalue weighted by molar-refractivity contribution is 0.112. The average Bonchev–Trinajstić information content (AvgIpc) is 3.17. The van der Waals surface area contributed by atoms with Gasteiger partial charge in [0, 0.05) is 26.2 Å². The number of sulfonamides is 1. The number of anilines is 1. The molecule has 134 valence electrons. The van der Waals surface area contributed by atoms with Gasteiger partial charge in [-0.3, -0.25) is 4.79 Å². The first-order chi connectivity index (χ1) is 12.6. The zero-order valence-corrected chi connectivity index (χ0v) is 15.7. The van der Waals surface area contributed by atoms with Crippen molar-refractivity contribution in [2.45, 2.75) is 4.90 Å². The monoisotopic (exact) mass is 386 g/mol. The molecule has 1 fully saturated rings. The Balaban J connectivity index is 1.52. The van der Waals surface area contributed by atoms with Crippen molar-refractivity contribution in [2.24, 2.45) is 0 Å². The molecule has 1 aliphatic heterocycles. The van der Waals surface area contributed by atoms with E-state index in [1.807, 2.05) is 36.4 Å². The number of fused-ring (bicyclic) bond motifs is 1. The van der Waals surface area contributed by atoms with E-state index in [9.17, 15) is 13.2 Å². The Morgan fingerprint density at radius 1 is 0.885 bits per heavy atom. The van der Waals surface area contributed by atoms with Crippen LogP contribution in [0, 0.1) is 0 Å². The summed E-state index contributed by atoms with van der Waals surface area (Å²) in [5.41, 5.74) is 0. The molecule has 0 N–H and O–H groups in total. The van der Waals surface area contributed by atoms with Crippen molar-refractivity contribution in [3.8, 4) is 0 Å². The highest BCUT2D eigenvalue weighted by Crippen LogP contribution is 2.28. The van der Waals surface area contributed by atoms with E-state index in [2.05, 4.69) is 4.90 Å². The second kappa shape index (κ2) is 6.83. The Kier molecular flexibility index (Phi) is 4.52. The molecule has 0 spiro atoms. The normalized spacial score (nSPS) is 16.1. The minimum atomic E-state index is -3.50. The molecule has 26 heavy (non-hydrogen) atoms. The molecule has 4 rings (SSSR count). The second-order valence-electron chi connectivity index (χ2n) is 6.19. The summed E-state index contributed by atoms with van der Waals surface area (Å²) < 4.78 is 27.5. The van der Waals surface area contributed by atoms with Crippen molar-refractivity contribution < 1.29 is 13.2 Å². The topological polar surface area (TPSA) is 57.7 Å². The van der Waals surface area contributed by atoms with Crippen LogP contribution in [-0.4, -0.2) is 45.2 Å². The molecule has 0 unspecified atom stereocenters. The van der Waals surface area contributed by atoms with Gasteiger partial charge < -0.3 is 4.90 Å². The SMILES string of the molecule is O=Cc1ccc(N2CCN(S(=O)(=O)c3ccc4ccccc4c3)CC2)s1. The lowest BCUT2D eigenvalue weighted by Gasteiger charge is -2.34. The van der Waals surface area contributed by atoms with Crippen molar-refractivity contribution in [1.29, 1.82) is 0 Å². The van der Waals surface area contributed by atoms with Crippen LogP contribution in [-0.2, 0) is 10.0 Å². The maximum absolute atomic E-state index is 13.0. The molecule has 7 heteroatoms. The molecular formula is C19H18N2O3S2. The molecule has 5 nitrogen and oxygen atoms in total. The molecule has 1 aromatic heterocycles. The molecule has 2 aromatic carbocycles. The highest BCUT2D eigenvalue weighted by molar-refractivity contribution is 7.89. The fourth-order valence-corrected chi connectivity index (χ4v) is 5.53. The number of nitrogens with zero attached hydrogens (tertiary/aromatic N) is 2. The summed E-state index contributed by atoms with van der Waals surface area (Å²) in [5.74, 6) is 0. The Hall–Kier alpha value is -2.22. The van der Waals surface area contributed by atoms with Crippen LogP contribution in [0.25, 0.3) is 10.8 Å². The Morgan fingerprint density at radius 2 is 1.62 bits per heavy atom. The summed E-state index contributed by atoms with van der Waals surface area (Å²) in [6.45, 7) is 2.10. The van der Waals surface area contributed by atoms with Gasteiger partial charge >= 0.3 is 0 Å². The van der Waals surface area contributed by atoms with E-state index < -0.39 is 10.0 Å². The first-order valence-corrected chi connectivity index (χ1v) is 10.6. The van der Waals surface area contributed by atoms with E-state index >= 15 is 0 Å². The standard InChI is InChI=1S/C19H18N2O3S2/c22-14-17-6-8-19(25-17)20-9-11-21(12-10-20)26(23,24)18-7-5-15-3-1-2-4-16(15)13-18/h1-8,13-14H,9-12H2. The van der Waals surface area contributed by atoms with Crippen LogP contribution in [0.15, 0.2) is 59.5 Å². The molecule has 1 saturated heterocycles. The summed E-state index contributed by atoms with van der Waals surface area (Å²) >= 11 is 1.44. The molecule has 0 bridgehead atoms. The second-order valence-corrected chi connectivity index (χ2v) is 9.23. The van der Waals surface area contributed by atoms with Crippen LogP contribution in [0.2, 0.25) is 0 Å². The average molecular weight is 386 g/mol. The highest BCUT2D eigenvalue weighted by Gasteiger charge is 2.29. The van der Waals surface area contributed by atoms with Gasteiger partial charge in [0.1, 0.15) is 0 Å². The number of hydrogen-bond acceptors (Lipinski definition) is 5. The zero-order chi connectivity index (χ0) is 18.1. The lowest BCUT2D eigenvalue weighted by atomic mass is 10.1. The Bertz CT molecular complexity index is 1050. The van der Waals surface area contributed by atoms with Gasteiger partial charge in [-0.2, -0.15) is 4.31 Å². The Morgan fingerprint density at radius 3 is 2.31 bits per heavy atom. The van der Waals surface area contributed by atoms with E-state index in [0.29, 0.717) is 36.0 Å². The van der Waals surface area contributed by atoms with Crippen LogP contribution >= 0.6 is 11.3 Å². The quantitative estimate of drug-likeness (QED) is 0.646. The number of carbonyl (C=O) groups is 1. The summed E-state index contributed by atoms with van der Waals surface area (Å²) in [4.78, 5) is 14.0. The smallest absolute Gasteiger partial charge is 0.243 e. The van der Waals surface area contributed by atoms with Gasteiger partial charge in [-0.15, -0.1) is 11.3 Å². The van der Waals surface area contributed by atoms with Gasteiger partial charge in [0.2, 0.25) is 10.0 Å². The molecule has 0 aliphatic carbocycles. The number of rotatable bonds is 4. The van der Waals surface area contributed by atoms with E-state index in [-0.39, 0.29) is 0 Å². The summed E-state index contributed by atoms with van der Waals surface area (Å²) in [7, 11) is -3.50. The third-order valence-electron chi connectivity index (χ3n) is 4.64. The largest absolute Gasteiger partial charge is 0.361 e. The van der Waals surface area contributed by atoms with E-state index in [0.717, 1.165) is 22.1 Å². The maximum atomic E-state index is 13.0. The molecule has 0 amide bonds. The minimum Gasteiger partial charge on any atom is -0.361 e. The minimum absolute atomic E-state index is 0.337. The predicted octanol–water partition coefficient (Wildman–Crippen LogP) is 3.22. The van der Waals surface area contributed by atoms with Crippen molar-refractivity contribution in [3.05, 3.63) is 59.5 Å². The zero-order valence-electron chi connectivity index (χ0n) is 14.0. The van der Waals surface area contributed by atoms with Crippen LogP contribution < -0.4 is 4.90 Å². The predicted molar refractivity (Wildman–Crippen MR) is 105 cm³/mol. The van der Waals surface area contributed by atoms with Crippen molar-refractivity contribution in [2.75, 3.05) is 31.1 Å². The third kappa shape index (κ3) is 3.13. The number of piperazine rings is 1.